The fraction of sp³-hybridized carbons (Fsp3) is 1.00. The first kappa shape index (κ1) is 23.5. The fourth-order valence-corrected chi connectivity index (χ4v) is 3.42. The molecule has 0 spiro atoms. The quantitative estimate of drug-likeness (QED) is 0.215. The van der Waals surface area contributed by atoms with Gasteiger partial charge in [0.1, 0.15) is 0 Å². The van der Waals surface area contributed by atoms with Gasteiger partial charge in [-0.05, 0) is 18.2 Å². The first-order valence-electron chi connectivity index (χ1n) is 9.76. The van der Waals surface area contributed by atoms with E-state index < -0.39 is 6.72 Å². The maximum atomic E-state index is 8.90. The van der Waals surface area contributed by atoms with Crippen molar-refractivity contribution in [3.05, 3.63) is 0 Å². The molecule has 0 saturated carbocycles. The van der Waals surface area contributed by atoms with Crippen molar-refractivity contribution in [2.75, 3.05) is 6.61 Å². The molecule has 0 atom stereocenters. The van der Waals surface area contributed by atoms with Crippen LogP contribution in [0.15, 0.2) is 0 Å². The van der Waals surface area contributed by atoms with Crippen LogP contribution in [0.2, 0.25) is 0 Å². The van der Waals surface area contributed by atoms with Crippen LogP contribution in [0, 0.1) is 0 Å². The van der Waals surface area contributed by atoms with E-state index in [0.717, 1.165) is 12.8 Å². The van der Waals surface area contributed by atoms with Gasteiger partial charge in [0.05, 0.1) is 6.61 Å². The summed E-state index contributed by atoms with van der Waals surface area (Å²) in [6, 6.07) is 0. The van der Waals surface area contributed by atoms with Crippen molar-refractivity contribution in [1.82, 2.24) is 0 Å². The molecule has 0 heterocycles. The van der Waals surface area contributed by atoms with Gasteiger partial charge in [0, 0.05) is 0 Å². The summed E-state index contributed by atoms with van der Waals surface area (Å²) < 4.78 is 4.79. The molecule has 0 aromatic heterocycles. The number of unbranched alkanes of at least 4 members (excludes halogenated alkanes) is 15. The number of hydrogen-bond acceptors (Lipinski definition) is 2. The average Bonchev–Trinajstić information content (AvgIpc) is 2.49. The summed E-state index contributed by atoms with van der Waals surface area (Å²) in [4.78, 5) is 17.8. The van der Waals surface area contributed by atoms with Gasteiger partial charge < -0.3 is 14.3 Å². The lowest BCUT2D eigenvalue weighted by atomic mass is 10.0. The number of hydrogen-bond donors (Lipinski definition) is 2. The Morgan fingerprint density at radius 2 is 0.913 bits per heavy atom. The van der Waals surface area contributed by atoms with Crippen LogP contribution in [0.3, 0.4) is 0 Å². The summed E-state index contributed by atoms with van der Waals surface area (Å²) in [5.74, 6) is 0. The fourth-order valence-electron chi connectivity index (χ4n) is 2.83. The third-order valence-electron chi connectivity index (χ3n) is 4.26. The van der Waals surface area contributed by atoms with Crippen molar-refractivity contribution in [2.24, 2.45) is 0 Å². The minimum absolute atomic E-state index is 0.378. The molecule has 0 aromatic rings. The average molecular weight is 367 g/mol. The second-order valence-corrected chi connectivity index (χ2v) is 9.29. The van der Waals surface area contributed by atoms with Gasteiger partial charge in [-0.25, -0.2) is 0 Å². The van der Waals surface area contributed by atoms with E-state index in [1.165, 1.54) is 89.9 Å². The highest BCUT2D eigenvalue weighted by Gasteiger charge is 2.06. The van der Waals surface area contributed by atoms with Crippen LogP contribution in [0.4, 0.5) is 0 Å². The molecule has 140 valence electrons. The first-order valence-corrected chi connectivity index (χ1v) is 12.4. The zero-order valence-electron chi connectivity index (χ0n) is 15.2. The van der Waals surface area contributed by atoms with Crippen LogP contribution >= 0.6 is 6.72 Å². The van der Waals surface area contributed by atoms with Crippen LogP contribution < -0.4 is 0 Å². The Hall–Kier alpha value is 0.530. The van der Waals surface area contributed by atoms with Crippen molar-refractivity contribution in [3.63, 3.8) is 0 Å². The minimum Gasteiger partial charge on any atom is -0.325 e. The molecule has 0 aliphatic heterocycles. The van der Waals surface area contributed by atoms with Gasteiger partial charge in [-0.1, -0.05) is 103 Å². The summed E-state index contributed by atoms with van der Waals surface area (Å²) in [6.07, 6.45) is 21.3. The Bertz CT molecular complexity index is 281. The van der Waals surface area contributed by atoms with Crippen LogP contribution in [-0.4, -0.2) is 16.4 Å². The van der Waals surface area contributed by atoms with Gasteiger partial charge in [0.2, 0.25) is 0 Å². The summed E-state index contributed by atoms with van der Waals surface area (Å²) >= 11 is 4.40. The molecular formula is C18H39O3PS. The summed E-state index contributed by atoms with van der Waals surface area (Å²) in [5.41, 5.74) is 0. The van der Waals surface area contributed by atoms with Crippen molar-refractivity contribution in [1.29, 1.82) is 0 Å². The molecule has 0 aliphatic rings. The maximum absolute atomic E-state index is 8.90. The third kappa shape index (κ3) is 22.5. The third-order valence-corrected chi connectivity index (χ3v) is 5.09. The Balaban J connectivity index is 3.01. The SMILES string of the molecule is CCCCCCCCCCCCCCCCCCOP(O)(O)=S. The van der Waals surface area contributed by atoms with Gasteiger partial charge in [0.15, 0.2) is 0 Å². The van der Waals surface area contributed by atoms with Crippen molar-refractivity contribution in [2.45, 2.75) is 110 Å². The van der Waals surface area contributed by atoms with E-state index >= 15 is 0 Å². The van der Waals surface area contributed by atoms with Crippen LogP contribution in [0.25, 0.3) is 0 Å². The lowest BCUT2D eigenvalue weighted by Gasteiger charge is -2.07. The molecule has 3 nitrogen and oxygen atoms in total. The maximum Gasteiger partial charge on any atom is 0.321 e. The topological polar surface area (TPSA) is 49.7 Å². The molecule has 2 N–H and O–H groups in total. The number of rotatable bonds is 18. The summed E-state index contributed by atoms with van der Waals surface area (Å²) in [7, 11) is 0. The highest BCUT2D eigenvalue weighted by atomic mass is 32.5. The van der Waals surface area contributed by atoms with E-state index in [0.29, 0.717) is 6.61 Å². The molecule has 0 unspecified atom stereocenters. The highest BCUT2D eigenvalue weighted by Crippen LogP contribution is 2.36. The lowest BCUT2D eigenvalue weighted by Crippen LogP contribution is -1.92. The Labute approximate surface area is 149 Å². The molecule has 0 saturated heterocycles. The van der Waals surface area contributed by atoms with Gasteiger partial charge in [-0.15, -0.1) is 0 Å². The predicted octanol–water partition coefficient (Wildman–Crippen LogP) is 6.47. The second-order valence-electron chi connectivity index (χ2n) is 6.63. The molecule has 0 aromatic carbocycles. The normalized spacial score (nSPS) is 12.0. The predicted molar refractivity (Wildman–Crippen MR) is 104 cm³/mol. The zero-order chi connectivity index (χ0) is 17.2. The monoisotopic (exact) mass is 366 g/mol. The minimum atomic E-state index is -3.42. The van der Waals surface area contributed by atoms with E-state index in [9.17, 15) is 0 Å². The Morgan fingerprint density at radius 3 is 1.22 bits per heavy atom. The molecular weight excluding hydrogens is 327 g/mol. The highest BCUT2D eigenvalue weighted by molar-refractivity contribution is 8.06. The summed E-state index contributed by atoms with van der Waals surface area (Å²) in [5, 5.41) is 0. The van der Waals surface area contributed by atoms with Crippen molar-refractivity contribution in [3.8, 4) is 0 Å². The van der Waals surface area contributed by atoms with E-state index in [1.807, 2.05) is 0 Å². The molecule has 0 rings (SSSR count). The first-order chi connectivity index (χ1) is 11.1. The van der Waals surface area contributed by atoms with Crippen LogP contribution in [-0.2, 0) is 16.3 Å². The van der Waals surface area contributed by atoms with Crippen LogP contribution in [0.1, 0.15) is 110 Å². The van der Waals surface area contributed by atoms with Crippen molar-refractivity contribution >= 4 is 18.5 Å². The van der Waals surface area contributed by atoms with Gasteiger partial charge in [0.25, 0.3) is 0 Å². The van der Waals surface area contributed by atoms with Gasteiger partial charge in [-0.2, -0.15) is 0 Å². The molecule has 0 amide bonds. The molecule has 0 aliphatic carbocycles. The molecule has 0 fully saturated rings. The van der Waals surface area contributed by atoms with E-state index in [4.69, 9.17) is 14.3 Å². The largest absolute Gasteiger partial charge is 0.325 e. The molecule has 0 radical (unpaired) electrons. The van der Waals surface area contributed by atoms with Gasteiger partial charge >= 0.3 is 6.72 Å². The van der Waals surface area contributed by atoms with E-state index in [1.54, 1.807) is 0 Å². The van der Waals surface area contributed by atoms with Gasteiger partial charge in [-0.3, -0.25) is 0 Å². The van der Waals surface area contributed by atoms with E-state index in [-0.39, 0.29) is 0 Å². The second kappa shape index (κ2) is 17.4. The van der Waals surface area contributed by atoms with Crippen LogP contribution in [0.5, 0.6) is 0 Å². The zero-order valence-corrected chi connectivity index (χ0v) is 16.9. The van der Waals surface area contributed by atoms with Crippen molar-refractivity contribution < 1.29 is 14.3 Å². The lowest BCUT2D eigenvalue weighted by molar-refractivity contribution is 0.245. The molecule has 0 bridgehead atoms. The Morgan fingerprint density at radius 1 is 0.609 bits per heavy atom. The summed E-state index contributed by atoms with van der Waals surface area (Å²) in [6.45, 7) is -0.772. The molecule has 23 heavy (non-hydrogen) atoms. The van der Waals surface area contributed by atoms with E-state index in [2.05, 4.69) is 18.7 Å². The Kier molecular flexibility index (Phi) is 17.8. The standard InChI is InChI=1S/C18H39O3PS/c1-2-3-4-5-6-7-8-9-10-11-12-13-14-15-16-17-18-21-22(19,20)23/h2-18H2,1H3,(H2,19,20,23). The smallest absolute Gasteiger partial charge is 0.321 e. The molecule has 5 heteroatoms.